The summed E-state index contributed by atoms with van der Waals surface area (Å²) in [6, 6.07) is 10.4. The third-order valence-electron chi connectivity index (χ3n) is 3.59. The van der Waals surface area contributed by atoms with Gasteiger partial charge in [-0.1, -0.05) is 29.8 Å². The highest BCUT2D eigenvalue weighted by Gasteiger charge is 2.12. The van der Waals surface area contributed by atoms with Gasteiger partial charge in [0, 0.05) is 17.9 Å². The van der Waals surface area contributed by atoms with Crippen LogP contribution in [0.1, 0.15) is 17.1 Å². The first kappa shape index (κ1) is 19.9. The molecule has 26 heavy (non-hydrogen) atoms. The van der Waals surface area contributed by atoms with E-state index in [0.717, 1.165) is 40.4 Å². The third-order valence-corrected chi connectivity index (χ3v) is 4.57. The van der Waals surface area contributed by atoms with Crippen molar-refractivity contribution in [2.75, 3.05) is 19.3 Å². The third kappa shape index (κ3) is 6.12. The second-order valence-electron chi connectivity index (χ2n) is 5.80. The van der Waals surface area contributed by atoms with Gasteiger partial charge in [-0.25, -0.2) is 0 Å². The molecular formula is C18H24N4O3S. The lowest BCUT2D eigenvalue weighted by Crippen LogP contribution is -2.23. The van der Waals surface area contributed by atoms with Gasteiger partial charge in [0.05, 0.1) is 17.2 Å². The van der Waals surface area contributed by atoms with E-state index in [2.05, 4.69) is 41.8 Å². The summed E-state index contributed by atoms with van der Waals surface area (Å²) < 4.78 is 6.00. The van der Waals surface area contributed by atoms with Gasteiger partial charge >= 0.3 is 0 Å². The molecule has 0 saturated carbocycles. The zero-order valence-electron chi connectivity index (χ0n) is 15.0. The van der Waals surface area contributed by atoms with Crippen molar-refractivity contribution >= 4 is 11.8 Å². The number of nitro groups is 1. The van der Waals surface area contributed by atoms with Crippen LogP contribution >= 0.6 is 11.8 Å². The van der Waals surface area contributed by atoms with Crippen LogP contribution in [0, 0.1) is 17.0 Å². The summed E-state index contributed by atoms with van der Waals surface area (Å²) >= 11 is 1.68. The highest BCUT2D eigenvalue weighted by atomic mass is 32.2. The first-order valence-electron chi connectivity index (χ1n) is 8.25. The summed E-state index contributed by atoms with van der Waals surface area (Å²) in [5, 5.41) is 16.2. The maximum absolute atomic E-state index is 10.3. The molecule has 8 heteroatoms. The van der Waals surface area contributed by atoms with Crippen molar-refractivity contribution in [3.8, 4) is 11.1 Å². The van der Waals surface area contributed by atoms with Gasteiger partial charge in [-0.3, -0.25) is 10.1 Å². The summed E-state index contributed by atoms with van der Waals surface area (Å²) in [6.45, 7) is 3.29. The van der Waals surface area contributed by atoms with E-state index in [4.69, 9.17) is 10.2 Å². The minimum atomic E-state index is -0.575. The lowest BCUT2D eigenvalue weighted by molar-refractivity contribution is -0.403. The molecule has 0 atom stereocenters. The average Bonchev–Trinajstić information content (AvgIpc) is 2.97. The smallest absolute Gasteiger partial charge is 0.273 e. The standard InChI is InChI=1S/C18H24N4O3S/c1-13-4-3-5-14(8-13)16-9-15(25-17(16)10-20-2)12-26-7-6-21-18(19)11-22(23)24/h3-5,8-9,11,20-21H,6-7,10,12,19H2,1-2H3. The Bertz CT molecular complexity index is 774. The van der Waals surface area contributed by atoms with Crippen LogP contribution in [-0.2, 0) is 12.3 Å². The van der Waals surface area contributed by atoms with E-state index in [1.54, 1.807) is 11.8 Å². The number of hydrogen-bond acceptors (Lipinski definition) is 7. The van der Waals surface area contributed by atoms with Crippen molar-refractivity contribution in [2.45, 2.75) is 19.2 Å². The van der Waals surface area contributed by atoms with Crippen molar-refractivity contribution in [3.05, 3.63) is 69.6 Å². The molecule has 0 amide bonds. The monoisotopic (exact) mass is 376 g/mol. The molecule has 0 aliphatic carbocycles. The van der Waals surface area contributed by atoms with Gasteiger partial charge in [0.2, 0.25) is 0 Å². The van der Waals surface area contributed by atoms with Crippen LogP contribution in [-0.4, -0.2) is 24.3 Å². The van der Waals surface area contributed by atoms with Crippen molar-refractivity contribution < 1.29 is 9.34 Å². The van der Waals surface area contributed by atoms with Crippen LogP contribution in [0.4, 0.5) is 0 Å². The zero-order valence-corrected chi connectivity index (χ0v) is 15.8. The van der Waals surface area contributed by atoms with Gasteiger partial charge in [0.15, 0.2) is 5.82 Å². The van der Waals surface area contributed by atoms with Crippen LogP contribution in [0.5, 0.6) is 0 Å². The summed E-state index contributed by atoms with van der Waals surface area (Å²) in [5.41, 5.74) is 8.94. The first-order chi connectivity index (χ1) is 12.5. The minimum Gasteiger partial charge on any atom is -0.463 e. The molecule has 0 aliphatic rings. The largest absolute Gasteiger partial charge is 0.463 e. The van der Waals surface area contributed by atoms with Gasteiger partial charge in [-0.15, -0.1) is 0 Å². The predicted molar refractivity (Wildman–Crippen MR) is 105 cm³/mol. The topological polar surface area (TPSA) is 106 Å². The number of nitrogens with two attached hydrogens (primary N) is 1. The van der Waals surface area contributed by atoms with Crippen molar-refractivity contribution in [1.29, 1.82) is 0 Å². The Labute approximate surface area is 157 Å². The number of furan rings is 1. The molecule has 1 aromatic carbocycles. The van der Waals surface area contributed by atoms with Gasteiger partial charge in [-0.05, 0) is 25.6 Å². The summed E-state index contributed by atoms with van der Waals surface area (Å²) in [5.74, 6) is 3.37. The van der Waals surface area contributed by atoms with Crippen molar-refractivity contribution in [3.63, 3.8) is 0 Å². The molecule has 0 saturated heterocycles. The number of aryl methyl sites for hydroxylation is 1. The molecule has 0 bridgehead atoms. The maximum atomic E-state index is 10.3. The number of hydrogen-bond donors (Lipinski definition) is 3. The Kier molecular flexibility index (Phi) is 7.55. The molecule has 4 N–H and O–H groups in total. The summed E-state index contributed by atoms with van der Waals surface area (Å²) in [7, 11) is 1.89. The molecule has 0 fully saturated rings. The summed E-state index contributed by atoms with van der Waals surface area (Å²) in [4.78, 5) is 9.72. The molecule has 1 aromatic heterocycles. The molecule has 0 aliphatic heterocycles. The quantitative estimate of drug-likeness (QED) is 0.332. The Morgan fingerprint density at radius 3 is 2.92 bits per heavy atom. The Hall–Kier alpha value is -2.45. The highest BCUT2D eigenvalue weighted by Crippen LogP contribution is 2.29. The second kappa shape index (κ2) is 9.88. The van der Waals surface area contributed by atoms with Gasteiger partial charge in [0.25, 0.3) is 6.20 Å². The molecule has 7 nitrogen and oxygen atoms in total. The minimum absolute atomic E-state index is 0.0617. The molecule has 0 radical (unpaired) electrons. The highest BCUT2D eigenvalue weighted by molar-refractivity contribution is 7.98. The second-order valence-corrected chi connectivity index (χ2v) is 6.90. The predicted octanol–water partition coefficient (Wildman–Crippen LogP) is 2.83. The van der Waals surface area contributed by atoms with Gasteiger partial charge < -0.3 is 20.8 Å². The first-order valence-corrected chi connectivity index (χ1v) is 9.40. The number of thioether (sulfide) groups is 1. The lowest BCUT2D eigenvalue weighted by atomic mass is 10.0. The molecule has 0 spiro atoms. The number of rotatable bonds is 10. The van der Waals surface area contributed by atoms with E-state index in [9.17, 15) is 10.1 Å². The lowest BCUT2D eigenvalue weighted by Gasteiger charge is -2.03. The van der Waals surface area contributed by atoms with E-state index in [1.165, 1.54) is 5.56 Å². The maximum Gasteiger partial charge on any atom is 0.273 e. The fourth-order valence-corrected chi connectivity index (χ4v) is 3.24. The van der Waals surface area contributed by atoms with Gasteiger partial charge in [0.1, 0.15) is 11.5 Å². The van der Waals surface area contributed by atoms with E-state index >= 15 is 0 Å². The van der Waals surface area contributed by atoms with E-state index < -0.39 is 4.92 Å². The number of nitrogens with one attached hydrogen (secondary N) is 2. The average molecular weight is 376 g/mol. The van der Waals surface area contributed by atoms with Crippen LogP contribution < -0.4 is 16.4 Å². The fraction of sp³-hybridized carbons (Fsp3) is 0.333. The van der Waals surface area contributed by atoms with Crippen molar-refractivity contribution in [2.24, 2.45) is 5.73 Å². The molecule has 140 valence electrons. The molecule has 0 unspecified atom stereocenters. The Morgan fingerprint density at radius 1 is 1.42 bits per heavy atom. The van der Waals surface area contributed by atoms with E-state index in [-0.39, 0.29) is 5.82 Å². The van der Waals surface area contributed by atoms with Gasteiger partial charge in [-0.2, -0.15) is 11.8 Å². The van der Waals surface area contributed by atoms with Crippen LogP contribution in [0.2, 0.25) is 0 Å². The van der Waals surface area contributed by atoms with E-state index in [1.807, 2.05) is 13.1 Å². The number of benzene rings is 1. The zero-order chi connectivity index (χ0) is 18.9. The number of nitrogens with zero attached hydrogens (tertiary/aromatic N) is 1. The molecule has 1 heterocycles. The van der Waals surface area contributed by atoms with Crippen LogP contribution in [0.3, 0.4) is 0 Å². The fourth-order valence-electron chi connectivity index (χ4n) is 2.50. The molecule has 2 aromatic rings. The van der Waals surface area contributed by atoms with Crippen LogP contribution in [0.25, 0.3) is 11.1 Å². The van der Waals surface area contributed by atoms with E-state index in [0.29, 0.717) is 13.1 Å². The Balaban J connectivity index is 1.94. The SMILES string of the molecule is CNCc1oc(CSCCNC(N)=C[N+](=O)[O-])cc1-c1cccc(C)c1. The van der Waals surface area contributed by atoms with Crippen molar-refractivity contribution in [1.82, 2.24) is 10.6 Å². The summed E-state index contributed by atoms with van der Waals surface area (Å²) in [6.07, 6.45) is 0.759. The normalized spacial score (nSPS) is 11.5. The molecular weight excluding hydrogens is 352 g/mol. The molecule has 2 rings (SSSR count). The van der Waals surface area contributed by atoms with Crippen LogP contribution in [0.15, 0.2) is 46.8 Å². The Morgan fingerprint density at radius 2 is 2.23 bits per heavy atom.